The van der Waals surface area contributed by atoms with Gasteiger partial charge >= 0.3 is 0 Å². The molecule has 0 aliphatic heterocycles. The molecular weight excluding hydrogens is 292 g/mol. The van der Waals surface area contributed by atoms with Crippen LogP contribution in [0, 0.1) is 5.41 Å². The summed E-state index contributed by atoms with van der Waals surface area (Å²) >= 11 is 3.43. The fourth-order valence-electron chi connectivity index (χ4n) is 2.36. The quantitative estimate of drug-likeness (QED) is 0.506. The predicted octanol–water partition coefficient (Wildman–Crippen LogP) is 3.83. The lowest BCUT2D eigenvalue weighted by Gasteiger charge is -2.19. The van der Waals surface area contributed by atoms with E-state index in [9.17, 15) is 0 Å². The standard InChI is InChI=1S/C14H19BrN2O/c15-10-7-8-12(14(16)17)13(9-10)18-11-5-3-1-2-4-6-11/h7-9,11H,1-6H2,(H3,16,17). The van der Waals surface area contributed by atoms with Crippen molar-refractivity contribution in [1.82, 2.24) is 0 Å². The van der Waals surface area contributed by atoms with E-state index in [1.807, 2.05) is 18.2 Å². The number of nitrogens with one attached hydrogen (secondary N) is 1. The van der Waals surface area contributed by atoms with Crippen LogP contribution in [0.5, 0.6) is 5.75 Å². The lowest BCUT2D eigenvalue weighted by atomic mass is 10.1. The van der Waals surface area contributed by atoms with Crippen LogP contribution in [0.3, 0.4) is 0 Å². The largest absolute Gasteiger partial charge is 0.490 e. The van der Waals surface area contributed by atoms with Crippen LogP contribution >= 0.6 is 15.9 Å². The van der Waals surface area contributed by atoms with Crippen molar-refractivity contribution in [3.05, 3.63) is 28.2 Å². The van der Waals surface area contributed by atoms with E-state index in [-0.39, 0.29) is 11.9 Å². The fourth-order valence-corrected chi connectivity index (χ4v) is 2.70. The van der Waals surface area contributed by atoms with Crippen LogP contribution in [0.25, 0.3) is 0 Å². The maximum atomic E-state index is 7.59. The lowest BCUT2D eigenvalue weighted by molar-refractivity contribution is 0.183. The summed E-state index contributed by atoms with van der Waals surface area (Å²) in [4.78, 5) is 0. The van der Waals surface area contributed by atoms with Gasteiger partial charge in [-0.3, -0.25) is 5.41 Å². The van der Waals surface area contributed by atoms with Crippen LogP contribution in [0.4, 0.5) is 0 Å². The molecule has 0 amide bonds. The molecule has 1 aromatic rings. The number of amidine groups is 1. The van der Waals surface area contributed by atoms with Crippen LogP contribution in [0.15, 0.2) is 22.7 Å². The van der Waals surface area contributed by atoms with Gasteiger partial charge in [-0.25, -0.2) is 0 Å². The van der Waals surface area contributed by atoms with Gasteiger partial charge in [0.05, 0.1) is 11.7 Å². The number of benzene rings is 1. The van der Waals surface area contributed by atoms with Crippen LogP contribution < -0.4 is 10.5 Å². The molecule has 3 N–H and O–H groups in total. The molecule has 1 aliphatic carbocycles. The van der Waals surface area contributed by atoms with E-state index in [2.05, 4.69) is 15.9 Å². The first-order valence-electron chi connectivity index (χ1n) is 6.47. The number of nitrogens with two attached hydrogens (primary N) is 1. The number of hydrogen-bond donors (Lipinski definition) is 2. The minimum absolute atomic E-state index is 0.0612. The number of halogens is 1. The van der Waals surface area contributed by atoms with Gasteiger partial charge in [0, 0.05) is 4.47 Å². The van der Waals surface area contributed by atoms with Crippen molar-refractivity contribution in [2.24, 2.45) is 5.73 Å². The second kappa shape index (κ2) is 6.23. The molecule has 98 valence electrons. The molecular formula is C14H19BrN2O. The van der Waals surface area contributed by atoms with E-state index in [4.69, 9.17) is 15.9 Å². The number of ether oxygens (including phenoxy) is 1. The Morgan fingerprint density at radius 3 is 2.50 bits per heavy atom. The molecule has 1 saturated carbocycles. The van der Waals surface area contributed by atoms with Crippen LogP contribution in [0.1, 0.15) is 44.1 Å². The zero-order chi connectivity index (χ0) is 13.0. The average Bonchev–Trinajstić information content (AvgIpc) is 2.57. The highest BCUT2D eigenvalue weighted by Crippen LogP contribution is 2.28. The Bertz CT molecular complexity index is 426. The summed E-state index contributed by atoms with van der Waals surface area (Å²) in [5, 5.41) is 7.59. The molecule has 3 nitrogen and oxygen atoms in total. The zero-order valence-electron chi connectivity index (χ0n) is 10.4. The fraction of sp³-hybridized carbons (Fsp3) is 0.500. The number of nitrogen functional groups attached to an aromatic ring is 1. The van der Waals surface area contributed by atoms with Crippen molar-refractivity contribution in [2.45, 2.75) is 44.6 Å². The molecule has 0 spiro atoms. The van der Waals surface area contributed by atoms with Gasteiger partial charge in [0.15, 0.2) is 0 Å². The Morgan fingerprint density at radius 2 is 1.89 bits per heavy atom. The van der Waals surface area contributed by atoms with Gasteiger partial charge < -0.3 is 10.5 Å². The second-order valence-corrected chi connectivity index (χ2v) is 5.70. The molecule has 0 saturated heterocycles. The summed E-state index contributed by atoms with van der Waals surface area (Å²) in [7, 11) is 0. The van der Waals surface area contributed by atoms with Crippen molar-refractivity contribution >= 4 is 21.8 Å². The molecule has 0 heterocycles. The summed E-state index contributed by atoms with van der Waals surface area (Å²) in [6, 6.07) is 5.62. The summed E-state index contributed by atoms with van der Waals surface area (Å²) in [5.74, 6) is 0.787. The minimum atomic E-state index is 0.0612. The SMILES string of the molecule is N=C(N)c1ccc(Br)cc1OC1CCCCCC1. The minimum Gasteiger partial charge on any atom is -0.490 e. The first-order valence-corrected chi connectivity index (χ1v) is 7.27. The highest BCUT2D eigenvalue weighted by atomic mass is 79.9. The monoisotopic (exact) mass is 310 g/mol. The summed E-state index contributed by atoms with van der Waals surface area (Å²) < 4.78 is 7.01. The molecule has 18 heavy (non-hydrogen) atoms. The molecule has 0 atom stereocenters. The van der Waals surface area contributed by atoms with Crippen LogP contribution in [-0.4, -0.2) is 11.9 Å². The summed E-state index contributed by atoms with van der Waals surface area (Å²) in [6.45, 7) is 0. The third kappa shape index (κ3) is 3.48. The van der Waals surface area contributed by atoms with E-state index < -0.39 is 0 Å². The topological polar surface area (TPSA) is 59.1 Å². The van der Waals surface area contributed by atoms with E-state index >= 15 is 0 Å². The Hall–Kier alpha value is -1.03. The van der Waals surface area contributed by atoms with Gasteiger partial charge in [-0.2, -0.15) is 0 Å². The molecule has 0 aromatic heterocycles. The van der Waals surface area contributed by atoms with Crippen molar-refractivity contribution in [1.29, 1.82) is 5.41 Å². The Morgan fingerprint density at radius 1 is 1.22 bits per heavy atom. The summed E-state index contributed by atoms with van der Waals surface area (Å²) in [5.41, 5.74) is 6.27. The Balaban J connectivity index is 2.15. The first kappa shape index (κ1) is 13.4. The Labute approximate surface area is 116 Å². The molecule has 1 aromatic carbocycles. The van der Waals surface area contributed by atoms with Gasteiger partial charge in [0.1, 0.15) is 11.6 Å². The van der Waals surface area contributed by atoms with Gasteiger partial charge in [-0.1, -0.05) is 28.8 Å². The Kier molecular flexibility index (Phi) is 4.64. The zero-order valence-corrected chi connectivity index (χ0v) is 12.0. The van der Waals surface area contributed by atoms with E-state index in [0.29, 0.717) is 5.56 Å². The first-order chi connectivity index (χ1) is 8.66. The number of rotatable bonds is 3. The van der Waals surface area contributed by atoms with Gasteiger partial charge in [0.25, 0.3) is 0 Å². The predicted molar refractivity (Wildman–Crippen MR) is 77.3 cm³/mol. The molecule has 0 unspecified atom stereocenters. The second-order valence-electron chi connectivity index (χ2n) is 4.79. The molecule has 0 bridgehead atoms. The average molecular weight is 311 g/mol. The van der Waals surface area contributed by atoms with Gasteiger partial charge in [-0.05, 0) is 43.9 Å². The van der Waals surface area contributed by atoms with E-state index in [1.54, 1.807) is 0 Å². The van der Waals surface area contributed by atoms with Crippen LogP contribution in [-0.2, 0) is 0 Å². The third-order valence-corrected chi connectivity index (χ3v) is 3.82. The maximum absolute atomic E-state index is 7.59. The van der Waals surface area contributed by atoms with Crippen molar-refractivity contribution in [3.63, 3.8) is 0 Å². The van der Waals surface area contributed by atoms with Gasteiger partial charge in [0.2, 0.25) is 0 Å². The van der Waals surface area contributed by atoms with Crippen molar-refractivity contribution in [2.75, 3.05) is 0 Å². The van der Waals surface area contributed by atoms with Crippen LogP contribution in [0.2, 0.25) is 0 Å². The van der Waals surface area contributed by atoms with Gasteiger partial charge in [-0.15, -0.1) is 0 Å². The maximum Gasteiger partial charge on any atom is 0.131 e. The lowest BCUT2D eigenvalue weighted by Crippen LogP contribution is -2.19. The smallest absolute Gasteiger partial charge is 0.131 e. The normalized spacial score (nSPS) is 17.2. The van der Waals surface area contributed by atoms with E-state index in [1.165, 1.54) is 25.7 Å². The molecule has 0 radical (unpaired) electrons. The highest BCUT2D eigenvalue weighted by molar-refractivity contribution is 9.10. The van der Waals surface area contributed by atoms with E-state index in [0.717, 1.165) is 23.1 Å². The molecule has 4 heteroatoms. The summed E-state index contributed by atoms with van der Waals surface area (Å²) in [6.07, 6.45) is 7.53. The number of hydrogen-bond acceptors (Lipinski definition) is 2. The highest BCUT2D eigenvalue weighted by Gasteiger charge is 2.16. The molecule has 1 aliphatic rings. The van der Waals surface area contributed by atoms with Crippen molar-refractivity contribution < 1.29 is 4.74 Å². The molecule has 1 fully saturated rings. The van der Waals surface area contributed by atoms with Crippen molar-refractivity contribution in [3.8, 4) is 5.75 Å². The molecule has 2 rings (SSSR count). The third-order valence-electron chi connectivity index (χ3n) is 3.33.